The Labute approximate surface area is 210 Å². The molecule has 36 heavy (non-hydrogen) atoms. The molecule has 1 aromatic rings. The molecule has 1 N–H and O–H groups in total. The summed E-state index contributed by atoms with van der Waals surface area (Å²) in [6.45, 7) is 10.3. The SMILES string of the molecule is CC(=O)OC1C(COP(OCCC#N)N(C(C)C)C(C)C)OC(n2ccc(=O)[nH]c2=O)C1OC(C)=O. The highest BCUT2D eigenvalue weighted by atomic mass is 31.2. The fraction of sp³-hybridized carbons (Fsp3) is 0.682. The predicted molar refractivity (Wildman–Crippen MR) is 128 cm³/mol. The summed E-state index contributed by atoms with van der Waals surface area (Å²) >= 11 is 0. The van der Waals surface area contributed by atoms with Crippen molar-refractivity contribution < 1.29 is 32.8 Å². The lowest BCUT2D eigenvalue weighted by Gasteiger charge is -2.36. The van der Waals surface area contributed by atoms with E-state index in [1.54, 1.807) is 0 Å². The Morgan fingerprint density at radius 1 is 1.14 bits per heavy atom. The molecule has 200 valence electrons. The first-order valence-electron chi connectivity index (χ1n) is 11.5. The Balaban J connectivity index is 2.37. The van der Waals surface area contributed by atoms with Crippen LogP contribution >= 0.6 is 8.53 Å². The number of nitriles is 1. The van der Waals surface area contributed by atoms with Gasteiger partial charge in [-0.05, 0) is 27.7 Å². The molecule has 2 heterocycles. The Bertz CT molecular complexity index is 1040. The summed E-state index contributed by atoms with van der Waals surface area (Å²) in [4.78, 5) is 49.9. The molecule has 13 nitrogen and oxygen atoms in total. The third-order valence-electron chi connectivity index (χ3n) is 5.03. The van der Waals surface area contributed by atoms with Crippen LogP contribution in [0.5, 0.6) is 0 Å². The number of rotatable bonds is 12. The Hall–Kier alpha value is -2.62. The van der Waals surface area contributed by atoms with Gasteiger partial charge in [0.1, 0.15) is 6.10 Å². The number of carbonyl (C=O) groups excluding carboxylic acids is 2. The number of aromatic nitrogens is 2. The molecule has 1 fully saturated rings. The molecular weight excluding hydrogens is 495 g/mol. The second-order valence-electron chi connectivity index (χ2n) is 8.57. The third-order valence-corrected chi connectivity index (χ3v) is 7.10. The van der Waals surface area contributed by atoms with Crippen molar-refractivity contribution in [3.8, 4) is 6.07 Å². The van der Waals surface area contributed by atoms with Crippen LogP contribution in [0.4, 0.5) is 0 Å². The molecule has 1 saturated heterocycles. The summed E-state index contributed by atoms with van der Waals surface area (Å²) in [5.41, 5.74) is -1.40. The van der Waals surface area contributed by atoms with E-state index in [1.807, 2.05) is 38.4 Å². The average molecular weight is 528 g/mol. The maximum Gasteiger partial charge on any atom is 0.330 e. The van der Waals surface area contributed by atoms with E-state index in [1.165, 1.54) is 20.0 Å². The molecule has 0 amide bonds. The first kappa shape index (κ1) is 29.6. The predicted octanol–water partition coefficient (Wildman–Crippen LogP) is 1.59. The molecule has 2 rings (SSSR count). The quantitative estimate of drug-likeness (QED) is 0.238. The maximum absolute atomic E-state index is 12.4. The summed E-state index contributed by atoms with van der Waals surface area (Å²) in [5, 5.41) is 8.90. The summed E-state index contributed by atoms with van der Waals surface area (Å²) in [5.74, 6) is -1.34. The zero-order chi connectivity index (χ0) is 27.0. The van der Waals surface area contributed by atoms with Crippen LogP contribution in [0.3, 0.4) is 0 Å². The third kappa shape index (κ3) is 7.94. The molecule has 1 aromatic heterocycles. The van der Waals surface area contributed by atoms with Crippen LogP contribution in [0.2, 0.25) is 0 Å². The summed E-state index contributed by atoms with van der Waals surface area (Å²) < 4.78 is 31.9. The Morgan fingerprint density at radius 3 is 2.28 bits per heavy atom. The fourth-order valence-corrected chi connectivity index (χ4v) is 5.41. The number of nitrogens with one attached hydrogen (secondary N) is 1. The number of ether oxygens (including phenoxy) is 3. The summed E-state index contributed by atoms with van der Waals surface area (Å²) in [6.07, 6.45) is -3.08. The van der Waals surface area contributed by atoms with Gasteiger partial charge in [0.15, 0.2) is 18.4 Å². The largest absolute Gasteiger partial charge is 0.456 e. The fourth-order valence-electron chi connectivity index (χ4n) is 3.80. The van der Waals surface area contributed by atoms with Crippen molar-refractivity contribution >= 4 is 20.5 Å². The van der Waals surface area contributed by atoms with Crippen LogP contribution in [-0.4, -0.2) is 69.8 Å². The molecule has 5 unspecified atom stereocenters. The number of nitrogens with zero attached hydrogens (tertiary/aromatic N) is 3. The monoisotopic (exact) mass is 528 g/mol. The zero-order valence-corrected chi connectivity index (χ0v) is 22.1. The molecule has 0 saturated carbocycles. The highest BCUT2D eigenvalue weighted by Crippen LogP contribution is 2.47. The van der Waals surface area contributed by atoms with Gasteiger partial charge in [0.2, 0.25) is 0 Å². The van der Waals surface area contributed by atoms with Crippen molar-refractivity contribution in [3.63, 3.8) is 0 Å². The van der Waals surface area contributed by atoms with Crippen molar-refractivity contribution in [1.82, 2.24) is 14.2 Å². The number of esters is 2. The molecule has 0 aromatic carbocycles. The molecule has 1 aliphatic heterocycles. The molecule has 14 heteroatoms. The van der Waals surface area contributed by atoms with E-state index in [4.69, 9.17) is 28.5 Å². The average Bonchev–Trinajstić information content (AvgIpc) is 3.07. The molecule has 5 atom stereocenters. The van der Waals surface area contributed by atoms with Gasteiger partial charge in [0, 0.05) is 38.2 Å². The van der Waals surface area contributed by atoms with Crippen LogP contribution in [0.1, 0.15) is 54.2 Å². The highest BCUT2D eigenvalue weighted by molar-refractivity contribution is 7.44. The Morgan fingerprint density at radius 2 is 1.75 bits per heavy atom. The van der Waals surface area contributed by atoms with Gasteiger partial charge in [-0.3, -0.25) is 23.9 Å². The van der Waals surface area contributed by atoms with Crippen LogP contribution in [-0.2, 0) is 32.8 Å². The minimum absolute atomic E-state index is 0.0493. The normalized spacial score (nSPS) is 22.6. The van der Waals surface area contributed by atoms with Crippen LogP contribution in [0.15, 0.2) is 21.9 Å². The van der Waals surface area contributed by atoms with Crippen LogP contribution < -0.4 is 11.2 Å². The minimum atomic E-state index is -1.64. The van der Waals surface area contributed by atoms with Crippen molar-refractivity contribution in [1.29, 1.82) is 5.26 Å². The number of carbonyl (C=O) groups is 2. The van der Waals surface area contributed by atoms with Gasteiger partial charge in [-0.25, -0.2) is 9.46 Å². The zero-order valence-electron chi connectivity index (χ0n) is 21.2. The van der Waals surface area contributed by atoms with E-state index in [-0.39, 0.29) is 31.7 Å². The van der Waals surface area contributed by atoms with Crippen molar-refractivity contribution in [2.75, 3.05) is 13.2 Å². The van der Waals surface area contributed by atoms with Crippen LogP contribution in [0, 0.1) is 11.3 Å². The topological polar surface area (TPSA) is 162 Å². The number of hydrogen-bond donors (Lipinski definition) is 1. The number of aromatic amines is 1. The van der Waals surface area contributed by atoms with Gasteiger partial charge in [0.05, 0.1) is 25.7 Å². The van der Waals surface area contributed by atoms with Gasteiger partial charge in [-0.2, -0.15) is 5.26 Å². The molecule has 0 spiro atoms. The van der Waals surface area contributed by atoms with E-state index in [0.717, 1.165) is 10.6 Å². The summed E-state index contributed by atoms with van der Waals surface area (Å²) in [6, 6.07) is 3.24. The van der Waals surface area contributed by atoms with Gasteiger partial charge in [-0.1, -0.05) is 0 Å². The first-order chi connectivity index (χ1) is 17.0. The second kappa shape index (κ2) is 13.6. The van der Waals surface area contributed by atoms with Crippen LogP contribution in [0.25, 0.3) is 0 Å². The van der Waals surface area contributed by atoms with E-state index in [9.17, 15) is 19.2 Å². The van der Waals surface area contributed by atoms with Gasteiger partial charge in [0.25, 0.3) is 14.1 Å². The molecule has 0 bridgehead atoms. The summed E-state index contributed by atoms with van der Waals surface area (Å²) in [7, 11) is -1.64. The lowest BCUT2D eigenvalue weighted by Crippen LogP contribution is -2.42. The number of H-pyrrole nitrogens is 1. The van der Waals surface area contributed by atoms with Crippen molar-refractivity contribution in [2.45, 2.75) is 84.6 Å². The smallest absolute Gasteiger partial charge is 0.330 e. The maximum atomic E-state index is 12.4. The van der Waals surface area contributed by atoms with E-state index < -0.39 is 56.3 Å². The van der Waals surface area contributed by atoms with Gasteiger partial charge >= 0.3 is 17.6 Å². The van der Waals surface area contributed by atoms with E-state index in [0.29, 0.717) is 0 Å². The lowest BCUT2D eigenvalue weighted by atomic mass is 10.1. The van der Waals surface area contributed by atoms with Crippen molar-refractivity contribution in [2.24, 2.45) is 0 Å². The number of hydrogen-bond acceptors (Lipinski definition) is 11. The van der Waals surface area contributed by atoms with Gasteiger partial charge in [-0.15, -0.1) is 0 Å². The molecule has 0 aliphatic carbocycles. The molecule has 0 radical (unpaired) electrons. The standard InChI is InChI=1S/C22H33N4O9P/c1-13(2)26(14(3)4)36(31-11-7-9-23)32-12-17-19(33-15(5)27)20(34-16(6)28)21(35-17)25-10-8-18(29)24-22(25)30/h8,10,13-14,17,19-21H,7,11-12H2,1-6H3,(H,24,29,30). The van der Waals surface area contributed by atoms with E-state index >= 15 is 0 Å². The lowest BCUT2D eigenvalue weighted by molar-refractivity contribution is -0.165. The van der Waals surface area contributed by atoms with Crippen molar-refractivity contribution in [3.05, 3.63) is 33.1 Å². The second-order valence-corrected chi connectivity index (χ2v) is 10.0. The molecular formula is C22H33N4O9P. The van der Waals surface area contributed by atoms with Gasteiger partial charge < -0.3 is 23.3 Å². The first-order valence-corrected chi connectivity index (χ1v) is 12.6. The molecule has 1 aliphatic rings. The minimum Gasteiger partial charge on any atom is -0.456 e. The van der Waals surface area contributed by atoms with E-state index in [2.05, 4.69) is 4.98 Å². The highest BCUT2D eigenvalue weighted by Gasteiger charge is 2.51. The Kier molecular flexibility index (Phi) is 11.2.